The van der Waals surface area contributed by atoms with Crippen LogP contribution in [0.2, 0.25) is 0 Å². The minimum atomic E-state index is -1.47. The van der Waals surface area contributed by atoms with Crippen molar-refractivity contribution in [1.82, 2.24) is 10.6 Å². The average molecular weight is 450 g/mol. The van der Waals surface area contributed by atoms with E-state index in [1.165, 1.54) is 32.1 Å². The second-order valence-corrected chi connectivity index (χ2v) is 8.99. The summed E-state index contributed by atoms with van der Waals surface area (Å²) in [5, 5.41) is 24.4. The molecule has 1 aromatic carbocycles. The number of alkyl carbamates (subject to hydrolysis) is 1. The highest BCUT2D eigenvalue weighted by molar-refractivity contribution is 5.98. The number of aliphatic imine (C=N–C) groups is 1. The Kier molecular flexibility index (Phi) is 9.77. The van der Waals surface area contributed by atoms with Crippen molar-refractivity contribution in [3.8, 4) is 5.75 Å². The van der Waals surface area contributed by atoms with E-state index in [0.29, 0.717) is 18.1 Å². The zero-order chi connectivity index (χ0) is 23.6. The van der Waals surface area contributed by atoms with Gasteiger partial charge in [0.15, 0.2) is 0 Å². The summed E-state index contributed by atoms with van der Waals surface area (Å²) in [6.07, 6.45) is 3.40. The number of benzene rings is 1. The molecule has 1 saturated carbocycles. The van der Waals surface area contributed by atoms with Gasteiger partial charge in [-0.3, -0.25) is 5.32 Å². The van der Waals surface area contributed by atoms with Crippen LogP contribution < -0.4 is 15.4 Å². The summed E-state index contributed by atoms with van der Waals surface area (Å²) in [6, 6.07) is 7.34. The maximum Gasteiger partial charge on any atom is 0.434 e. The molecule has 9 heteroatoms. The van der Waals surface area contributed by atoms with E-state index in [9.17, 15) is 14.7 Å². The molecular weight excluding hydrogens is 414 g/mol. The number of hydrogen-bond acceptors (Lipinski definition) is 5. The lowest BCUT2D eigenvalue weighted by atomic mass is 9.90. The molecule has 9 nitrogen and oxygen atoms in total. The average Bonchev–Trinajstić information content (AvgIpc) is 2.71. The summed E-state index contributed by atoms with van der Waals surface area (Å²) in [4.78, 5) is 26.1. The predicted octanol–water partition coefficient (Wildman–Crippen LogP) is 4.22. The van der Waals surface area contributed by atoms with Crippen LogP contribution in [0, 0.1) is 5.92 Å². The Labute approximate surface area is 189 Å². The molecule has 0 aromatic heterocycles. The molecular formula is C23H35N3O6. The molecule has 0 saturated heterocycles. The van der Waals surface area contributed by atoms with Gasteiger partial charge in [0.2, 0.25) is 5.96 Å². The number of carbonyl (C=O) groups excluding carboxylic acids is 1. The highest BCUT2D eigenvalue weighted by atomic mass is 16.6. The zero-order valence-corrected chi connectivity index (χ0v) is 19.1. The van der Waals surface area contributed by atoms with Crippen LogP contribution in [0.1, 0.15) is 71.0 Å². The van der Waals surface area contributed by atoms with Crippen molar-refractivity contribution in [3.05, 3.63) is 29.8 Å². The molecule has 1 unspecified atom stereocenters. The summed E-state index contributed by atoms with van der Waals surface area (Å²) in [6.45, 7) is 5.94. The standard InChI is InChI=1S/C23H35N3O6/c1-23(2,3)32-22(30)26-20(25-21(28)29)24-13-12-19(27)17-10-7-11-18(14-17)31-15-16-8-5-4-6-9-16/h7,10-11,14,16,19,27H,4-6,8-9,12-13,15H2,1-3H3,(H,28,29)(H2,24,25,26,30). The van der Waals surface area contributed by atoms with Gasteiger partial charge in [0.05, 0.1) is 12.7 Å². The monoisotopic (exact) mass is 449 g/mol. The Morgan fingerprint density at radius 1 is 1.22 bits per heavy atom. The van der Waals surface area contributed by atoms with Gasteiger partial charge >= 0.3 is 12.2 Å². The number of carboxylic acid groups (broad SMARTS) is 1. The van der Waals surface area contributed by atoms with E-state index in [0.717, 1.165) is 5.75 Å². The van der Waals surface area contributed by atoms with Gasteiger partial charge in [0.25, 0.3) is 0 Å². The lowest BCUT2D eigenvalue weighted by Gasteiger charge is -2.22. The molecule has 4 N–H and O–H groups in total. The molecule has 32 heavy (non-hydrogen) atoms. The number of nitrogens with one attached hydrogen (secondary N) is 2. The van der Waals surface area contributed by atoms with Crippen LogP contribution in [0.25, 0.3) is 0 Å². The molecule has 0 aliphatic heterocycles. The van der Waals surface area contributed by atoms with Crippen molar-refractivity contribution >= 4 is 18.1 Å². The molecule has 1 atom stereocenters. The van der Waals surface area contributed by atoms with Crippen LogP contribution in [0.5, 0.6) is 5.75 Å². The van der Waals surface area contributed by atoms with E-state index < -0.39 is 23.9 Å². The van der Waals surface area contributed by atoms with Crippen LogP contribution in [0.3, 0.4) is 0 Å². The number of nitrogens with zero attached hydrogens (tertiary/aromatic N) is 1. The van der Waals surface area contributed by atoms with E-state index >= 15 is 0 Å². The number of aliphatic hydroxyl groups is 1. The molecule has 2 rings (SSSR count). The highest BCUT2D eigenvalue weighted by Crippen LogP contribution is 2.26. The van der Waals surface area contributed by atoms with E-state index in [4.69, 9.17) is 14.6 Å². The fraction of sp³-hybridized carbons (Fsp3) is 0.609. The highest BCUT2D eigenvalue weighted by Gasteiger charge is 2.18. The maximum absolute atomic E-state index is 11.9. The third-order valence-electron chi connectivity index (χ3n) is 4.99. The number of rotatable bonds is 7. The fourth-order valence-corrected chi connectivity index (χ4v) is 3.48. The van der Waals surface area contributed by atoms with Crippen LogP contribution >= 0.6 is 0 Å². The zero-order valence-electron chi connectivity index (χ0n) is 19.1. The van der Waals surface area contributed by atoms with Gasteiger partial charge in [0, 0.05) is 6.54 Å². The van der Waals surface area contributed by atoms with Crippen LogP contribution in [0.4, 0.5) is 9.59 Å². The predicted molar refractivity (Wildman–Crippen MR) is 121 cm³/mol. The largest absolute Gasteiger partial charge is 0.493 e. The molecule has 178 valence electrons. The number of hydrogen-bond donors (Lipinski definition) is 4. The molecule has 1 fully saturated rings. The first-order valence-corrected chi connectivity index (χ1v) is 11.1. The normalized spacial score (nSPS) is 16.2. The van der Waals surface area contributed by atoms with Crippen molar-refractivity contribution in [1.29, 1.82) is 0 Å². The molecule has 1 aliphatic carbocycles. The van der Waals surface area contributed by atoms with Gasteiger partial charge in [-0.15, -0.1) is 4.99 Å². The fourth-order valence-electron chi connectivity index (χ4n) is 3.48. The molecule has 0 bridgehead atoms. The first-order valence-electron chi connectivity index (χ1n) is 11.1. The van der Waals surface area contributed by atoms with Gasteiger partial charge in [-0.1, -0.05) is 31.4 Å². The SMILES string of the molecule is CC(C)(C)OC(=O)N/C(=N/C(=O)O)NCCC(O)c1cccc(OCC2CCCCC2)c1. The Bertz CT molecular complexity index is 784. The third kappa shape index (κ3) is 10.00. The summed E-state index contributed by atoms with van der Waals surface area (Å²) < 4.78 is 11.0. The van der Waals surface area contributed by atoms with Gasteiger partial charge < -0.3 is 25.0 Å². The molecule has 0 heterocycles. The Hall–Kier alpha value is -2.81. The summed E-state index contributed by atoms with van der Waals surface area (Å²) >= 11 is 0. The third-order valence-corrected chi connectivity index (χ3v) is 4.99. The smallest absolute Gasteiger partial charge is 0.434 e. The van der Waals surface area contributed by atoms with Crippen molar-refractivity contribution < 1.29 is 29.3 Å². The van der Waals surface area contributed by atoms with Gasteiger partial charge in [-0.2, -0.15) is 0 Å². The molecule has 0 spiro atoms. The van der Waals surface area contributed by atoms with Crippen LogP contribution in [0.15, 0.2) is 29.3 Å². The van der Waals surface area contributed by atoms with Crippen LogP contribution in [-0.4, -0.2) is 47.1 Å². The summed E-state index contributed by atoms with van der Waals surface area (Å²) in [5.74, 6) is 1.05. The molecule has 0 radical (unpaired) electrons. The van der Waals surface area contributed by atoms with E-state index in [-0.39, 0.29) is 18.9 Å². The van der Waals surface area contributed by atoms with E-state index in [2.05, 4.69) is 15.6 Å². The minimum absolute atomic E-state index is 0.177. The minimum Gasteiger partial charge on any atom is -0.493 e. The molecule has 2 amide bonds. The van der Waals surface area contributed by atoms with Crippen molar-refractivity contribution in [3.63, 3.8) is 0 Å². The summed E-state index contributed by atoms with van der Waals surface area (Å²) in [5.41, 5.74) is -0.0386. The van der Waals surface area contributed by atoms with E-state index in [1.54, 1.807) is 20.8 Å². The first kappa shape index (κ1) is 25.5. The Morgan fingerprint density at radius 2 is 1.94 bits per heavy atom. The van der Waals surface area contributed by atoms with Gasteiger partial charge in [0.1, 0.15) is 11.4 Å². The Balaban J connectivity index is 1.84. The second kappa shape index (κ2) is 12.3. The number of amides is 2. The van der Waals surface area contributed by atoms with Crippen molar-refractivity contribution in [2.45, 2.75) is 71.0 Å². The number of guanidine groups is 1. The maximum atomic E-state index is 11.9. The van der Waals surface area contributed by atoms with Crippen LogP contribution in [-0.2, 0) is 4.74 Å². The topological polar surface area (TPSA) is 129 Å². The van der Waals surface area contributed by atoms with E-state index in [1.807, 2.05) is 24.3 Å². The Morgan fingerprint density at radius 3 is 2.59 bits per heavy atom. The molecule has 1 aromatic rings. The lowest BCUT2D eigenvalue weighted by Crippen LogP contribution is -2.44. The number of carbonyl (C=O) groups is 2. The summed E-state index contributed by atoms with van der Waals surface area (Å²) in [7, 11) is 0. The first-order chi connectivity index (χ1) is 15.1. The number of ether oxygens (including phenoxy) is 2. The quantitative estimate of drug-likeness (QED) is 0.362. The lowest BCUT2D eigenvalue weighted by molar-refractivity contribution is 0.0561. The van der Waals surface area contributed by atoms with Gasteiger partial charge in [-0.25, -0.2) is 9.59 Å². The molecule has 1 aliphatic rings. The van der Waals surface area contributed by atoms with Crippen molar-refractivity contribution in [2.24, 2.45) is 10.9 Å². The second-order valence-electron chi connectivity index (χ2n) is 8.99. The van der Waals surface area contributed by atoms with Gasteiger partial charge in [-0.05, 0) is 63.6 Å². The van der Waals surface area contributed by atoms with Crippen molar-refractivity contribution in [2.75, 3.05) is 13.2 Å². The number of aliphatic hydroxyl groups excluding tert-OH is 1.